The van der Waals surface area contributed by atoms with Gasteiger partial charge in [0.15, 0.2) is 5.12 Å². The maximum Gasteiger partial charge on any atom is 0.192 e. The molecule has 0 spiro atoms. The number of nitrogens with zero attached hydrogens (tertiary/aromatic N) is 1. The average Bonchev–Trinajstić information content (AvgIpc) is 3.12. The molecule has 3 heterocycles. The van der Waals surface area contributed by atoms with Crippen molar-refractivity contribution in [3.8, 4) is 0 Å². The van der Waals surface area contributed by atoms with Gasteiger partial charge in [-0.1, -0.05) is 39.5 Å². The van der Waals surface area contributed by atoms with Crippen LogP contribution in [0.15, 0.2) is 0 Å². The monoisotopic (exact) mass is 333 g/mol. The zero-order valence-corrected chi connectivity index (χ0v) is 16.0. The Labute approximate surface area is 145 Å². The molecule has 0 N–H and O–H groups in total. The maximum atomic E-state index is 12.5. The molecular formula is C20H31NOS. The third-order valence-corrected chi connectivity index (χ3v) is 6.97. The van der Waals surface area contributed by atoms with E-state index in [1.165, 1.54) is 43.9 Å². The third kappa shape index (κ3) is 2.79. The van der Waals surface area contributed by atoms with Crippen LogP contribution in [0.25, 0.3) is 0 Å². The lowest BCUT2D eigenvalue weighted by Gasteiger charge is -2.24. The molecule has 0 saturated heterocycles. The Hall–Kier alpha value is -0.700. The van der Waals surface area contributed by atoms with Crippen LogP contribution in [0.2, 0.25) is 0 Å². The summed E-state index contributed by atoms with van der Waals surface area (Å²) >= 11 is 1.50. The highest BCUT2D eigenvalue weighted by Crippen LogP contribution is 2.46. The minimum absolute atomic E-state index is 0.134. The van der Waals surface area contributed by atoms with E-state index in [2.05, 4.69) is 32.3 Å². The third-order valence-electron chi connectivity index (χ3n) is 6.02. The van der Waals surface area contributed by atoms with Gasteiger partial charge in [0.1, 0.15) is 0 Å². The van der Waals surface area contributed by atoms with Crippen molar-refractivity contribution in [3.63, 3.8) is 0 Å². The lowest BCUT2D eigenvalue weighted by molar-refractivity contribution is -0.114. The Morgan fingerprint density at radius 3 is 2.65 bits per heavy atom. The van der Waals surface area contributed by atoms with Gasteiger partial charge in [0.25, 0.3) is 0 Å². The van der Waals surface area contributed by atoms with Gasteiger partial charge in [-0.05, 0) is 67.7 Å². The molecule has 0 radical (unpaired) electrons. The number of aromatic nitrogens is 1. The standard InChI is InChI=1S/C20H31NOS/c1-5-15(13(4)20(22)23-7-3)19-16(6-2)17-10-8-9-14-11-12-18(19)21(14)17/h13-15H,5-12H2,1-4H3/t13?,14-,15?/m1/s1. The van der Waals surface area contributed by atoms with Gasteiger partial charge in [-0.15, -0.1) is 0 Å². The smallest absolute Gasteiger partial charge is 0.192 e. The lowest BCUT2D eigenvalue weighted by Crippen LogP contribution is -2.19. The van der Waals surface area contributed by atoms with Gasteiger partial charge in [-0.3, -0.25) is 4.79 Å². The zero-order valence-electron chi connectivity index (χ0n) is 15.2. The Balaban J connectivity index is 2.04. The fourth-order valence-electron chi connectivity index (χ4n) is 5.02. The van der Waals surface area contributed by atoms with Crippen molar-refractivity contribution in [1.82, 2.24) is 4.57 Å². The molecule has 0 aliphatic carbocycles. The Morgan fingerprint density at radius 1 is 1.22 bits per heavy atom. The Kier molecular flexibility index (Phi) is 5.25. The van der Waals surface area contributed by atoms with E-state index in [1.54, 1.807) is 22.5 Å². The second-order valence-electron chi connectivity index (χ2n) is 7.15. The molecule has 0 amide bonds. The van der Waals surface area contributed by atoms with Crippen molar-refractivity contribution >= 4 is 16.9 Å². The summed E-state index contributed by atoms with van der Waals surface area (Å²) in [5.74, 6) is 1.43. The number of carbonyl (C=O) groups is 1. The summed E-state index contributed by atoms with van der Waals surface area (Å²) in [7, 11) is 0. The van der Waals surface area contributed by atoms with Gasteiger partial charge < -0.3 is 4.57 Å². The molecule has 2 unspecified atom stereocenters. The summed E-state index contributed by atoms with van der Waals surface area (Å²) in [5, 5.41) is 0.382. The lowest BCUT2D eigenvalue weighted by atomic mass is 9.81. The first-order valence-electron chi connectivity index (χ1n) is 9.55. The second-order valence-corrected chi connectivity index (χ2v) is 8.42. The molecule has 2 aliphatic rings. The molecular weight excluding hydrogens is 302 g/mol. The van der Waals surface area contributed by atoms with Gasteiger partial charge in [-0.25, -0.2) is 0 Å². The van der Waals surface area contributed by atoms with Crippen molar-refractivity contribution in [3.05, 3.63) is 22.5 Å². The number of rotatable bonds is 6. The molecule has 3 heteroatoms. The molecule has 0 bridgehead atoms. The van der Waals surface area contributed by atoms with Crippen LogP contribution in [-0.2, 0) is 24.1 Å². The minimum Gasteiger partial charge on any atom is -0.345 e. The summed E-state index contributed by atoms with van der Waals surface area (Å²) in [6, 6.07) is 0.751. The second kappa shape index (κ2) is 7.04. The van der Waals surface area contributed by atoms with E-state index in [9.17, 15) is 4.79 Å². The molecule has 1 aromatic rings. The van der Waals surface area contributed by atoms with Gasteiger partial charge in [0, 0.05) is 23.3 Å². The predicted molar refractivity (Wildman–Crippen MR) is 99.4 cm³/mol. The molecule has 3 rings (SSSR count). The van der Waals surface area contributed by atoms with Gasteiger partial charge in [0.2, 0.25) is 0 Å². The van der Waals surface area contributed by atoms with Crippen molar-refractivity contribution in [2.45, 2.75) is 84.6 Å². The molecule has 0 aromatic carbocycles. The number of hydrogen-bond acceptors (Lipinski definition) is 2. The SMILES string of the molecule is CCSC(=O)C(C)C(CC)c1c(CC)c2n3c1CC[C@H]3CCC2. The first-order chi connectivity index (χ1) is 11.1. The normalized spacial score (nSPS) is 22.0. The van der Waals surface area contributed by atoms with Gasteiger partial charge in [-0.2, -0.15) is 0 Å². The van der Waals surface area contributed by atoms with E-state index in [0.717, 1.165) is 24.6 Å². The molecule has 23 heavy (non-hydrogen) atoms. The van der Waals surface area contributed by atoms with Crippen LogP contribution in [0.4, 0.5) is 0 Å². The van der Waals surface area contributed by atoms with Crippen LogP contribution in [0.5, 0.6) is 0 Å². The highest BCUT2D eigenvalue weighted by atomic mass is 32.2. The van der Waals surface area contributed by atoms with E-state index < -0.39 is 0 Å². The molecule has 128 valence electrons. The fourth-order valence-corrected chi connectivity index (χ4v) is 5.74. The maximum absolute atomic E-state index is 12.5. The minimum atomic E-state index is 0.134. The summed E-state index contributed by atoms with van der Waals surface area (Å²) in [5.41, 5.74) is 6.38. The number of hydrogen-bond donors (Lipinski definition) is 0. The van der Waals surface area contributed by atoms with Crippen molar-refractivity contribution in [1.29, 1.82) is 0 Å². The summed E-state index contributed by atoms with van der Waals surface area (Å²) in [6.45, 7) is 8.80. The largest absolute Gasteiger partial charge is 0.345 e. The van der Waals surface area contributed by atoms with Crippen LogP contribution in [0.3, 0.4) is 0 Å². The quantitative estimate of drug-likeness (QED) is 0.706. The van der Waals surface area contributed by atoms with Crippen molar-refractivity contribution in [2.24, 2.45) is 5.92 Å². The highest BCUT2D eigenvalue weighted by molar-refractivity contribution is 8.13. The summed E-state index contributed by atoms with van der Waals surface area (Å²) in [4.78, 5) is 12.5. The van der Waals surface area contributed by atoms with E-state index in [-0.39, 0.29) is 5.92 Å². The van der Waals surface area contributed by atoms with Crippen LogP contribution in [0, 0.1) is 5.92 Å². The van der Waals surface area contributed by atoms with Crippen molar-refractivity contribution < 1.29 is 4.79 Å². The average molecular weight is 334 g/mol. The summed E-state index contributed by atoms with van der Waals surface area (Å²) < 4.78 is 2.70. The zero-order chi connectivity index (χ0) is 16.6. The van der Waals surface area contributed by atoms with Crippen LogP contribution >= 0.6 is 11.8 Å². The van der Waals surface area contributed by atoms with E-state index in [4.69, 9.17) is 0 Å². The fraction of sp³-hybridized carbons (Fsp3) is 0.750. The molecule has 3 atom stereocenters. The summed E-state index contributed by atoms with van der Waals surface area (Å²) in [6.07, 6.45) is 8.69. The van der Waals surface area contributed by atoms with Gasteiger partial charge in [0.05, 0.1) is 0 Å². The topological polar surface area (TPSA) is 22.0 Å². The predicted octanol–water partition coefficient (Wildman–Crippen LogP) is 5.28. The highest BCUT2D eigenvalue weighted by Gasteiger charge is 2.37. The van der Waals surface area contributed by atoms with Crippen LogP contribution in [0.1, 0.15) is 87.9 Å². The number of thioether (sulfide) groups is 1. The Morgan fingerprint density at radius 2 is 2.00 bits per heavy atom. The van der Waals surface area contributed by atoms with Crippen molar-refractivity contribution in [2.75, 3.05) is 5.75 Å². The van der Waals surface area contributed by atoms with E-state index >= 15 is 0 Å². The van der Waals surface area contributed by atoms with E-state index in [1.807, 2.05) is 0 Å². The van der Waals surface area contributed by atoms with Crippen LogP contribution in [-0.4, -0.2) is 15.4 Å². The van der Waals surface area contributed by atoms with Crippen LogP contribution < -0.4 is 0 Å². The molecule has 0 saturated carbocycles. The van der Waals surface area contributed by atoms with E-state index in [0.29, 0.717) is 11.0 Å². The molecule has 1 aromatic heterocycles. The van der Waals surface area contributed by atoms with Gasteiger partial charge >= 0.3 is 0 Å². The number of carbonyl (C=O) groups excluding carboxylic acids is 1. The first kappa shape index (κ1) is 17.1. The molecule has 0 fully saturated rings. The first-order valence-corrected chi connectivity index (χ1v) is 10.5. The molecule has 2 aliphatic heterocycles. The Bertz CT molecular complexity index is 585. The molecule has 2 nitrogen and oxygen atoms in total.